The first kappa shape index (κ1) is 39.1. The maximum Gasteiger partial charge on any atom is 0.323 e. The summed E-state index contributed by atoms with van der Waals surface area (Å²) in [6.45, 7) is 3.54. The quantitative estimate of drug-likeness (QED) is 0.0769. The lowest BCUT2D eigenvalue weighted by atomic mass is 9.91. The Hall–Kier alpha value is -6.10. The Morgan fingerprint density at radius 2 is 1.81 bits per heavy atom. The second kappa shape index (κ2) is 17.8. The molecule has 1 aliphatic rings. The van der Waals surface area contributed by atoms with E-state index in [0.29, 0.717) is 40.4 Å². The molecule has 2 atom stereocenters. The minimum Gasteiger partial charge on any atom is -0.489 e. The minimum atomic E-state index is -1.18. The van der Waals surface area contributed by atoms with Crippen LogP contribution in [0.15, 0.2) is 97.5 Å². The Kier molecular flexibility index (Phi) is 12.2. The summed E-state index contributed by atoms with van der Waals surface area (Å²) in [6, 6.07) is 27.4. The Morgan fingerprint density at radius 3 is 2.56 bits per heavy atom. The van der Waals surface area contributed by atoms with Crippen molar-refractivity contribution in [2.24, 2.45) is 0 Å². The third-order valence-corrected chi connectivity index (χ3v) is 10.6. The molecule has 0 radical (unpaired) electrons. The molecule has 0 unspecified atom stereocenters. The van der Waals surface area contributed by atoms with Crippen molar-refractivity contribution in [2.45, 2.75) is 58.1 Å². The molecule has 1 saturated heterocycles. The van der Waals surface area contributed by atoms with Crippen LogP contribution in [0.2, 0.25) is 5.02 Å². The smallest absolute Gasteiger partial charge is 0.323 e. The van der Waals surface area contributed by atoms with Crippen LogP contribution in [0.3, 0.4) is 0 Å². The number of aromatic nitrogens is 3. The Morgan fingerprint density at radius 1 is 1.02 bits per heavy atom. The number of nitrogens with one attached hydrogen (secondary N) is 3. The highest BCUT2D eigenvalue weighted by atomic mass is 35.5. The zero-order chi connectivity index (χ0) is 39.9. The monoisotopic (exact) mass is 783 g/mol. The first-order valence-electron chi connectivity index (χ1n) is 18.7. The number of carbonyl (C=O) groups is 2. The summed E-state index contributed by atoms with van der Waals surface area (Å²) in [6.07, 6.45) is 6.43. The van der Waals surface area contributed by atoms with Crippen molar-refractivity contribution < 1.29 is 24.5 Å². The number of ether oxygens (including phenoxy) is 1. The molecule has 290 valence electrons. The van der Waals surface area contributed by atoms with Crippen molar-refractivity contribution in [3.05, 3.63) is 136 Å². The molecular weight excluding hydrogens is 742 g/mol. The highest BCUT2D eigenvalue weighted by molar-refractivity contribution is 6.31. The number of nitriles is 1. The van der Waals surface area contributed by atoms with Gasteiger partial charge in [0.25, 0.3) is 0 Å². The standard InChI is InChI=1S/C44H42ClN7O5/c1-27-35(31-10-8-28(9-11-31)18-48-22-34-12-13-43(54)51-34)4-2-5-36(27)37-6-3-7-41-38(37)23-50-52(41)24-33-16-42(57-26-30-14-29(17-46)19-47-20-30)32(15-39(33)45)21-49-40(25-53)44(55)56/h2-11,14-16,19-20,23,34,40,48-49,53H,12-13,18,21-22,24-26H2,1H3,(H,51,54)(H,55,56)/t34-,40-/m0/s1. The van der Waals surface area contributed by atoms with Crippen molar-refractivity contribution in [2.75, 3.05) is 13.2 Å². The summed E-state index contributed by atoms with van der Waals surface area (Å²) in [7, 11) is 0. The van der Waals surface area contributed by atoms with E-state index in [1.807, 2.05) is 29.1 Å². The van der Waals surface area contributed by atoms with Crippen LogP contribution in [0.1, 0.15) is 46.2 Å². The summed E-state index contributed by atoms with van der Waals surface area (Å²) in [5.74, 6) is -0.596. The van der Waals surface area contributed by atoms with Gasteiger partial charge in [-0.15, -0.1) is 0 Å². The van der Waals surface area contributed by atoms with Gasteiger partial charge >= 0.3 is 5.97 Å². The van der Waals surface area contributed by atoms with Crippen LogP contribution in [0.25, 0.3) is 33.2 Å². The first-order chi connectivity index (χ1) is 27.7. The lowest BCUT2D eigenvalue weighted by molar-refractivity contribution is -0.140. The summed E-state index contributed by atoms with van der Waals surface area (Å²) >= 11 is 6.87. The predicted molar refractivity (Wildman–Crippen MR) is 217 cm³/mol. The average Bonchev–Trinajstić information content (AvgIpc) is 3.84. The molecule has 6 aromatic rings. The lowest BCUT2D eigenvalue weighted by Gasteiger charge is -2.18. The number of hydrogen-bond acceptors (Lipinski definition) is 9. The maximum atomic E-state index is 11.6. The number of carbonyl (C=O) groups excluding carboxylic acids is 1. The molecular formula is C44H42ClN7O5. The van der Waals surface area contributed by atoms with E-state index in [9.17, 15) is 25.1 Å². The van der Waals surface area contributed by atoms with Gasteiger partial charge in [0, 0.05) is 66.0 Å². The summed E-state index contributed by atoms with van der Waals surface area (Å²) in [5.41, 5.74) is 10.1. The molecule has 0 bridgehead atoms. The van der Waals surface area contributed by atoms with Gasteiger partial charge in [0.2, 0.25) is 5.91 Å². The number of carboxylic acid groups (broad SMARTS) is 1. The molecule has 1 fully saturated rings. The van der Waals surface area contributed by atoms with Crippen molar-refractivity contribution in [1.29, 1.82) is 5.26 Å². The molecule has 0 saturated carbocycles. The summed E-state index contributed by atoms with van der Waals surface area (Å²) in [4.78, 5) is 27.2. The minimum absolute atomic E-state index is 0.0690. The van der Waals surface area contributed by atoms with E-state index in [4.69, 9.17) is 21.4 Å². The molecule has 0 spiro atoms. The molecule has 0 aliphatic carbocycles. The van der Waals surface area contributed by atoms with E-state index in [1.54, 1.807) is 18.3 Å². The lowest BCUT2D eigenvalue weighted by Crippen LogP contribution is -2.39. The van der Waals surface area contributed by atoms with Crippen molar-refractivity contribution in [1.82, 2.24) is 30.7 Å². The Bertz CT molecular complexity index is 2460. The molecule has 12 nitrogen and oxygen atoms in total. The normalized spacial score (nSPS) is 14.4. The number of aliphatic hydroxyl groups is 1. The molecule has 2 aromatic heterocycles. The van der Waals surface area contributed by atoms with E-state index >= 15 is 0 Å². The number of carboxylic acids is 1. The average molecular weight is 784 g/mol. The van der Waals surface area contributed by atoms with Crippen LogP contribution in [-0.2, 0) is 35.8 Å². The van der Waals surface area contributed by atoms with E-state index in [1.165, 1.54) is 11.8 Å². The number of fused-ring (bicyclic) bond motifs is 1. The largest absolute Gasteiger partial charge is 0.489 e. The molecule has 5 N–H and O–H groups in total. The number of benzene rings is 4. The number of amides is 1. The third kappa shape index (κ3) is 9.14. The number of aliphatic hydroxyl groups excluding tert-OH is 1. The highest BCUT2D eigenvalue weighted by Gasteiger charge is 2.21. The molecule has 1 amide bonds. The number of pyridine rings is 1. The van der Waals surface area contributed by atoms with E-state index in [0.717, 1.165) is 63.8 Å². The predicted octanol–water partition coefficient (Wildman–Crippen LogP) is 6.13. The third-order valence-electron chi connectivity index (χ3n) is 10.3. The maximum absolute atomic E-state index is 11.6. The molecule has 4 aromatic carbocycles. The number of nitrogens with zero attached hydrogens (tertiary/aromatic N) is 4. The molecule has 7 rings (SSSR count). The number of halogens is 1. The zero-order valence-corrected chi connectivity index (χ0v) is 32.1. The van der Waals surface area contributed by atoms with Crippen LogP contribution in [0, 0.1) is 18.3 Å². The van der Waals surface area contributed by atoms with Gasteiger partial charge in [0.05, 0.1) is 30.4 Å². The van der Waals surface area contributed by atoms with Gasteiger partial charge < -0.3 is 25.6 Å². The fourth-order valence-electron chi connectivity index (χ4n) is 7.17. The SMILES string of the molecule is Cc1c(-c2ccc(CNC[C@@H]3CCC(=O)N3)cc2)cccc1-c1cccc2c1cnn2Cc1cc(OCc2cncc(C#N)c2)c(CN[C@@H](CO)C(=O)O)cc1Cl. The second-order valence-electron chi connectivity index (χ2n) is 14.1. The fourth-order valence-corrected chi connectivity index (χ4v) is 7.42. The first-order valence-corrected chi connectivity index (χ1v) is 19.1. The number of hydrogen-bond donors (Lipinski definition) is 5. The molecule has 13 heteroatoms. The van der Waals surface area contributed by atoms with Crippen LogP contribution < -0.4 is 20.7 Å². The van der Waals surface area contributed by atoms with Gasteiger partial charge in [-0.25, -0.2) is 0 Å². The van der Waals surface area contributed by atoms with Crippen LogP contribution in [0.4, 0.5) is 0 Å². The van der Waals surface area contributed by atoms with Gasteiger partial charge in [-0.05, 0) is 76.6 Å². The zero-order valence-electron chi connectivity index (χ0n) is 31.3. The van der Waals surface area contributed by atoms with Crippen molar-refractivity contribution in [3.63, 3.8) is 0 Å². The van der Waals surface area contributed by atoms with Crippen LogP contribution in [0.5, 0.6) is 5.75 Å². The van der Waals surface area contributed by atoms with E-state index in [-0.39, 0.29) is 25.1 Å². The number of aliphatic carboxylic acids is 1. The summed E-state index contributed by atoms with van der Waals surface area (Å²) < 4.78 is 8.12. The van der Waals surface area contributed by atoms with Crippen LogP contribution >= 0.6 is 11.6 Å². The molecule has 57 heavy (non-hydrogen) atoms. The second-order valence-corrected chi connectivity index (χ2v) is 14.5. The van der Waals surface area contributed by atoms with Gasteiger partial charge in [-0.2, -0.15) is 10.4 Å². The van der Waals surface area contributed by atoms with Crippen LogP contribution in [-0.4, -0.2) is 62.1 Å². The van der Waals surface area contributed by atoms with E-state index in [2.05, 4.69) is 82.5 Å². The highest BCUT2D eigenvalue weighted by Crippen LogP contribution is 2.36. The topological polar surface area (TPSA) is 174 Å². The molecule has 1 aliphatic heterocycles. The molecule has 3 heterocycles. The fraction of sp³-hybridized carbons (Fsp3) is 0.250. The van der Waals surface area contributed by atoms with Crippen molar-refractivity contribution >= 4 is 34.4 Å². The van der Waals surface area contributed by atoms with Gasteiger partial charge in [0.1, 0.15) is 24.5 Å². The van der Waals surface area contributed by atoms with Gasteiger partial charge in [-0.1, -0.05) is 66.2 Å². The van der Waals surface area contributed by atoms with Gasteiger partial charge in [-0.3, -0.25) is 24.6 Å². The van der Waals surface area contributed by atoms with Gasteiger partial charge in [0.15, 0.2) is 0 Å². The summed E-state index contributed by atoms with van der Waals surface area (Å²) in [5, 5.41) is 43.9. The number of rotatable bonds is 16. The Balaban J connectivity index is 1.12. The van der Waals surface area contributed by atoms with Crippen molar-refractivity contribution in [3.8, 4) is 34.1 Å². The Labute approximate surface area is 335 Å². The van der Waals surface area contributed by atoms with E-state index < -0.39 is 18.6 Å².